The molecule has 0 N–H and O–H groups in total. The number of hydrogen-bond donors (Lipinski definition) is 0. The highest BCUT2D eigenvalue weighted by atomic mass is 79.9. The third-order valence-electron chi connectivity index (χ3n) is 5.98. The molecule has 202 valence electrons. The van der Waals surface area contributed by atoms with E-state index >= 15 is 0 Å². The van der Waals surface area contributed by atoms with Crippen molar-refractivity contribution in [2.45, 2.75) is 22.9 Å². The summed E-state index contributed by atoms with van der Waals surface area (Å²) in [6.07, 6.45) is 8.57. The van der Waals surface area contributed by atoms with Crippen molar-refractivity contribution in [3.63, 3.8) is 0 Å². The smallest absolute Gasteiger partial charge is 0.173 e. The molecule has 0 unspecified atom stereocenters. The number of anilines is 2. The summed E-state index contributed by atoms with van der Waals surface area (Å²) in [6, 6.07) is 26.6. The summed E-state index contributed by atoms with van der Waals surface area (Å²) in [5, 5.41) is 0. The zero-order valence-electron chi connectivity index (χ0n) is 22.4. The standard InChI is InChI=1S/C30H36N4S2.2BrH/c1-31(2)27-13-17-33(18-14-27)23-25-5-9-29(10-6-25)35-21-22-36-30-11-7-26(8-12-30)24-34-19-15-28(16-20-34)32(3)4;;/h5-20H,21-24H2,1-4H3;2*1H/q+2;;/p-2. The van der Waals surface area contributed by atoms with Gasteiger partial charge in [0, 0.05) is 96.3 Å². The van der Waals surface area contributed by atoms with Gasteiger partial charge in [0.15, 0.2) is 37.9 Å². The van der Waals surface area contributed by atoms with E-state index in [4.69, 9.17) is 0 Å². The van der Waals surface area contributed by atoms with Gasteiger partial charge in [0.2, 0.25) is 0 Å². The Bertz CT molecular complexity index is 1120. The Hall–Kier alpha value is -2.00. The summed E-state index contributed by atoms with van der Waals surface area (Å²) < 4.78 is 4.44. The molecule has 2 heterocycles. The molecule has 0 aliphatic heterocycles. The highest BCUT2D eigenvalue weighted by Gasteiger charge is 2.06. The van der Waals surface area contributed by atoms with Crippen LogP contribution in [0, 0.1) is 0 Å². The summed E-state index contributed by atoms with van der Waals surface area (Å²) in [6.45, 7) is 1.79. The van der Waals surface area contributed by atoms with Crippen LogP contribution in [0.4, 0.5) is 11.4 Å². The highest BCUT2D eigenvalue weighted by molar-refractivity contribution is 8.03. The molecule has 0 fully saturated rings. The minimum Gasteiger partial charge on any atom is -1.00 e. The second-order valence-corrected chi connectivity index (χ2v) is 11.6. The first-order valence-electron chi connectivity index (χ1n) is 12.2. The van der Waals surface area contributed by atoms with Gasteiger partial charge in [-0.25, -0.2) is 9.13 Å². The molecule has 0 saturated carbocycles. The van der Waals surface area contributed by atoms with E-state index in [1.54, 1.807) is 0 Å². The van der Waals surface area contributed by atoms with E-state index in [1.165, 1.54) is 32.3 Å². The van der Waals surface area contributed by atoms with Gasteiger partial charge in [0.05, 0.1) is 0 Å². The molecule has 4 aromatic rings. The zero-order valence-corrected chi connectivity index (χ0v) is 27.2. The Morgan fingerprint density at radius 1 is 0.500 bits per heavy atom. The van der Waals surface area contributed by atoms with E-state index < -0.39 is 0 Å². The molecule has 0 aliphatic carbocycles. The summed E-state index contributed by atoms with van der Waals surface area (Å²) in [5.41, 5.74) is 5.08. The van der Waals surface area contributed by atoms with Crippen molar-refractivity contribution in [3.05, 3.63) is 109 Å². The second kappa shape index (κ2) is 16.2. The predicted molar refractivity (Wildman–Crippen MR) is 154 cm³/mol. The van der Waals surface area contributed by atoms with Crippen LogP contribution in [0.3, 0.4) is 0 Å². The molecule has 4 rings (SSSR count). The van der Waals surface area contributed by atoms with Gasteiger partial charge >= 0.3 is 0 Å². The molecule has 2 aromatic carbocycles. The Morgan fingerprint density at radius 3 is 1.11 bits per heavy atom. The number of pyridine rings is 2. The second-order valence-electron chi connectivity index (χ2n) is 9.23. The van der Waals surface area contributed by atoms with E-state index in [9.17, 15) is 0 Å². The third kappa shape index (κ3) is 9.95. The number of nitrogens with zero attached hydrogens (tertiary/aromatic N) is 4. The van der Waals surface area contributed by atoms with Gasteiger partial charge < -0.3 is 43.8 Å². The van der Waals surface area contributed by atoms with Gasteiger partial charge in [0.25, 0.3) is 0 Å². The molecule has 0 spiro atoms. The fourth-order valence-electron chi connectivity index (χ4n) is 3.83. The SMILES string of the molecule is CN(C)c1cc[n+](Cc2ccc(SCCSc3ccc(C[n+]4ccc(N(C)C)cc4)cc3)cc2)cc1.[Br-].[Br-]. The fraction of sp³-hybridized carbons (Fsp3) is 0.267. The first-order chi connectivity index (χ1) is 17.5. The van der Waals surface area contributed by atoms with Crippen molar-refractivity contribution in [1.82, 2.24) is 0 Å². The van der Waals surface area contributed by atoms with Crippen LogP contribution in [0.1, 0.15) is 11.1 Å². The van der Waals surface area contributed by atoms with Crippen molar-refractivity contribution in [2.24, 2.45) is 0 Å². The van der Waals surface area contributed by atoms with E-state index in [-0.39, 0.29) is 34.0 Å². The van der Waals surface area contributed by atoms with Crippen LogP contribution >= 0.6 is 23.5 Å². The molecule has 0 bridgehead atoms. The summed E-state index contributed by atoms with van der Waals surface area (Å²) in [5.74, 6) is 2.20. The van der Waals surface area contributed by atoms with Crippen LogP contribution in [-0.4, -0.2) is 39.7 Å². The van der Waals surface area contributed by atoms with Gasteiger partial charge in [-0.15, -0.1) is 23.5 Å². The molecule has 0 radical (unpaired) electrons. The van der Waals surface area contributed by atoms with E-state index in [0.717, 1.165) is 24.6 Å². The molecule has 2 aromatic heterocycles. The average molecular weight is 677 g/mol. The normalized spacial score (nSPS) is 10.3. The van der Waals surface area contributed by atoms with Gasteiger partial charge in [-0.05, 0) is 24.3 Å². The van der Waals surface area contributed by atoms with Gasteiger partial charge in [-0.2, -0.15) is 0 Å². The topological polar surface area (TPSA) is 14.2 Å². The van der Waals surface area contributed by atoms with Crippen LogP contribution in [-0.2, 0) is 13.1 Å². The summed E-state index contributed by atoms with van der Waals surface area (Å²) in [4.78, 5) is 6.91. The van der Waals surface area contributed by atoms with Crippen LogP contribution < -0.4 is 52.9 Å². The van der Waals surface area contributed by atoms with Crippen molar-refractivity contribution in [3.8, 4) is 0 Å². The van der Waals surface area contributed by atoms with Crippen LogP contribution in [0.5, 0.6) is 0 Å². The van der Waals surface area contributed by atoms with Crippen molar-refractivity contribution < 1.29 is 43.1 Å². The molecule has 38 heavy (non-hydrogen) atoms. The number of halogens is 2. The van der Waals surface area contributed by atoms with Gasteiger partial charge in [-0.3, -0.25) is 0 Å². The first-order valence-corrected chi connectivity index (χ1v) is 14.2. The van der Waals surface area contributed by atoms with Crippen LogP contribution in [0.15, 0.2) is 107 Å². The molecule has 0 atom stereocenters. The van der Waals surface area contributed by atoms with Crippen LogP contribution in [0.2, 0.25) is 0 Å². The number of rotatable bonds is 11. The predicted octanol–water partition coefficient (Wildman–Crippen LogP) is -0.617. The zero-order chi connectivity index (χ0) is 25.3. The Labute approximate surface area is 257 Å². The molecule has 0 saturated heterocycles. The minimum atomic E-state index is 0. The third-order valence-corrected chi connectivity index (χ3v) is 8.26. The average Bonchev–Trinajstić information content (AvgIpc) is 2.89. The monoisotopic (exact) mass is 674 g/mol. The minimum absolute atomic E-state index is 0. The molecular weight excluding hydrogens is 640 g/mol. The lowest BCUT2D eigenvalue weighted by Crippen LogP contribution is -3.00. The van der Waals surface area contributed by atoms with E-state index in [2.05, 4.69) is 145 Å². The maximum absolute atomic E-state index is 2.25. The fourth-order valence-corrected chi connectivity index (χ4v) is 5.62. The van der Waals surface area contributed by atoms with Gasteiger partial charge in [0.1, 0.15) is 0 Å². The Morgan fingerprint density at radius 2 is 0.816 bits per heavy atom. The highest BCUT2D eigenvalue weighted by Crippen LogP contribution is 2.24. The largest absolute Gasteiger partial charge is 1.00 e. The number of aromatic nitrogens is 2. The molecule has 4 nitrogen and oxygen atoms in total. The van der Waals surface area contributed by atoms with E-state index in [1.807, 2.05) is 23.5 Å². The molecule has 8 heteroatoms. The molecule has 0 amide bonds. The Balaban J connectivity index is 0.00000253. The van der Waals surface area contributed by atoms with Gasteiger partial charge in [-0.1, -0.05) is 24.3 Å². The van der Waals surface area contributed by atoms with Crippen LogP contribution in [0.25, 0.3) is 0 Å². The number of thioether (sulfide) groups is 2. The Kier molecular flexibility index (Phi) is 13.7. The molecule has 0 aliphatic rings. The summed E-state index contributed by atoms with van der Waals surface area (Å²) in [7, 11) is 8.27. The van der Waals surface area contributed by atoms with Crippen molar-refractivity contribution in [1.29, 1.82) is 0 Å². The maximum atomic E-state index is 2.25. The lowest BCUT2D eigenvalue weighted by molar-refractivity contribution is -0.688. The lowest BCUT2D eigenvalue weighted by Gasteiger charge is -2.10. The van der Waals surface area contributed by atoms with E-state index in [0.29, 0.717) is 0 Å². The lowest BCUT2D eigenvalue weighted by atomic mass is 10.2. The first kappa shape index (κ1) is 32.2. The quantitative estimate of drug-likeness (QED) is 0.120. The van der Waals surface area contributed by atoms with Crippen molar-refractivity contribution >= 4 is 34.9 Å². The number of hydrogen-bond acceptors (Lipinski definition) is 4. The van der Waals surface area contributed by atoms with Crippen molar-refractivity contribution in [2.75, 3.05) is 49.5 Å². The maximum Gasteiger partial charge on any atom is 0.173 e. The summed E-state index contributed by atoms with van der Waals surface area (Å²) >= 11 is 3.86. The number of benzene rings is 2. The molecular formula is C30H36Br2N4S2.